The molecule has 0 fully saturated rings. The molecule has 0 saturated carbocycles. The molecule has 0 saturated heterocycles. The third kappa shape index (κ3) is 9.76. The fourth-order valence-electron chi connectivity index (χ4n) is 3.57. The molecule has 0 bridgehead atoms. The predicted octanol–water partition coefficient (Wildman–Crippen LogP) is 7.09. The summed E-state index contributed by atoms with van der Waals surface area (Å²) in [4.78, 5) is 36.0. The summed E-state index contributed by atoms with van der Waals surface area (Å²) in [5, 5.41) is 4.98. The zero-order valence-electron chi connectivity index (χ0n) is 22.4. The summed E-state index contributed by atoms with van der Waals surface area (Å²) in [7, 11) is 0. The van der Waals surface area contributed by atoms with Gasteiger partial charge >= 0.3 is 12.1 Å². The summed E-state index contributed by atoms with van der Waals surface area (Å²) in [6, 6.07) is 18.8. The topological polar surface area (TPSA) is 93.7 Å². The van der Waals surface area contributed by atoms with Gasteiger partial charge in [0.15, 0.2) is 6.61 Å². The number of alkyl halides is 3. The van der Waals surface area contributed by atoms with Gasteiger partial charge in [0.05, 0.1) is 5.56 Å². The molecule has 3 aromatic carbocycles. The van der Waals surface area contributed by atoms with Crippen LogP contribution >= 0.6 is 0 Å². The summed E-state index contributed by atoms with van der Waals surface area (Å²) in [6.45, 7) is 5.76. The van der Waals surface area contributed by atoms with Crippen LogP contribution in [0.4, 0.5) is 24.5 Å². The van der Waals surface area contributed by atoms with Gasteiger partial charge in [-0.1, -0.05) is 39.0 Å². The van der Waals surface area contributed by atoms with Gasteiger partial charge in [-0.05, 0) is 72.0 Å². The number of rotatable bonds is 10. The van der Waals surface area contributed by atoms with E-state index in [4.69, 9.17) is 9.47 Å². The lowest BCUT2D eigenvalue weighted by Crippen LogP contribution is -2.21. The summed E-state index contributed by atoms with van der Waals surface area (Å²) < 4.78 is 49.0. The summed E-state index contributed by atoms with van der Waals surface area (Å²) >= 11 is 0. The van der Waals surface area contributed by atoms with Crippen LogP contribution in [0.1, 0.15) is 51.2 Å². The normalized spacial score (nSPS) is 11.4. The molecule has 212 valence electrons. The van der Waals surface area contributed by atoms with Crippen molar-refractivity contribution in [1.82, 2.24) is 0 Å². The lowest BCUT2D eigenvalue weighted by atomic mass is 9.87. The predicted molar refractivity (Wildman–Crippen MR) is 145 cm³/mol. The minimum atomic E-state index is -4.54. The molecule has 2 N–H and O–H groups in total. The molecule has 40 heavy (non-hydrogen) atoms. The molecule has 0 radical (unpaired) electrons. The molecule has 3 rings (SSSR count). The van der Waals surface area contributed by atoms with E-state index in [9.17, 15) is 27.6 Å². The Labute approximate surface area is 230 Å². The number of halogens is 3. The van der Waals surface area contributed by atoms with E-state index in [-0.39, 0.29) is 36.3 Å². The van der Waals surface area contributed by atoms with Crippen LogP contribution in [0.3, 0.4) is 0 Å². The molecule has 0 aliphatic rings. The molecule has 0 heterocycles. The second kappa shape index (κ2) is 13.1. The van der Waals surface area contributed by atoms with Crippen molar-refractivity contribution in [2.24, 2.45) is 0 Å². The Morgan fingerprint density at radius 2 is 1.32 bits per heavy atom. The molecule has 0 atom stereocenters. The number of benzene rings is 3. The molecular formula is C30H31F3N2O5. The smallest absolute Gasteiger partial charge is 0.416 e. The SMILES string of the molecule is CC(C)(C)c1ccc(Oc2ccc(NC(=O)CCCC(=O)OCC(=O)Nc3cccc(C(F)(F)F)c3)cc2)cc1. The average Bonchev–Trinajstić information content (AvgIpc) is 2.88. The van der Waals surface area contributed by atoms with Crippen molar-refractivity contribution in [2.45, 2.75) is 51.6 Å². The Balaban J connectivity index is 1.35. The first kappa shape index (κ1) is 30.2. The number of nitrogens with one attached hydrogen (secondary N) is 2. The molecule has 0 unspecified atom stereocenters. The van der Waals surface area contributed by atoms with E-state index in [1.54, 1.807) is 24.3 Å². The second-order valence-electron chi connectivity index (χ2n) is 10.1. The van der Waals surface area contributed by atoms with Crippen LogP contribution in [0.5, 0.6) is 11.5 Å². The number of carbonyl (C=O) groups excluding carboxylic acids is 3. The van der Waals surface area contributed by atoms with Gasteiger partial charge in [-0.2, -0.15) is 13.2 Å². The Morgan fingerprint density at radius 3 is 1.93 bits per heavy atom. The number of hydrogen-bond acceptors (Lipinski definition) is 5. The fraction of sp³-hybridized carbons (Fsp3) is 0.300. The summed E-state index contributed by atoms with van der Waals surface area (Å²) in [5.41, 5.74) is 0.835. The Hall–Kier alpha value is -4.34. The standard InChI is InChI=1S/C30H31F3N2O5/c1-29(2,3)20-10-14-24(15-11-20)40-25-16-12-22(13-17-25)34-26(36)8-5-9-28(38)39-19-27(37)35-23-7-4-6-21(18-23)30(31,32)33/h4,6-7,10-18H,5,8-9,19H2,1-3H3,(H,34,36)(H,35,37). The van der Waals surface area contributed by atoms with E-state index in [1.165, 1.54) is 11.6 Å². The second-order valence-corrected chi connectivity index (χ2v) is 10.1. The molecular weight excluding hydrogens is 525 g/mol. The quantitative estimate of drug-likeness (QED) is 0.260. The van der Waals surface area contributed by atoms with Crippen molar-refractivity contribution in [3.8, 4) is 11.5 Å². The maximum absolute atomic E-state index is 12.8. The Bertz CT molecular complexity index is 1310. The lowest BCUT2D eigenvalue weighted by Gasteiger charge is -2.19. The number of anilines is 2. The van der Waals surface area contributed by atoms with Crippen LogP contribution in [-0.2, 0) is 30.7 Å². The number of ether oxygens (including phenoxy) is 2. The molecule has 0 aliphatic heterocycles. The van der Waals surface area contributed by atoms with Gasteiger partial charge in [0.25, 0.3) is 5.91 Å². The largest absolute Gasteiger partial charge is 0.457 e. The third-order valence-electron chi connectivity index (χ3n) is 5.72. The first-order valence-electron chi connectivity index (χ1n) is 12.6. The highest BCUT2D eigenvalue weighted by Gasteiger charge is 2.30. The molecule has 3 aromatic rings. The van der Waals surface area contributed by atoms with E-state index in [2.05, 4.69) is 31.4 Å². The van der Waals surface area contributed by atoms with Crippen LogP contribution in [0.15, 0.2) is 72.8 Å². The van der Waals surface area contributed by atoms with Gasteiger partial charge in [-0.25, -0.2) is 0 Å². The van der Waals surface area contributed by atoms with Crippen molar-refractivity contribution < 1.29 is 37.0 Å². The number of esters is 1. The number of carbonyl (C=O) groups is 3. The minimum absolute atomic E-state index is 0.0455. The van der Waals surface area contributed by atoms with E-state index >= 15 is 0 Å². The maximum atomic E-state index is 12.8. The van der Waals surface area contributed by atoms with E-state index < -0.39 is 30.2 Å². The maximum Gasteiger partial charge on any atom is 0.416 e. The van der Waals surface area contributed by atoms with Crippen LogP contribution in [0.2, 0.25) is 0 Å². The van der Waals surface area contributed by atoms with Crippen molar-refractivity contribution in [3.63, 3.8) is 0 Å². The van der Waals surface area contributed by atoms with E-state index in [0.717, 1.165) is 18.2 Å². The number of amides is 2. The van der Waals surface area contributed by atoms with Gasteiger partial charge in [-0.15, -0.1) is 0 Å². The van der Waals surface area contributed by atoms with Gasteiger partial charge in [0.2, 0.25) is 5.91 Å². The molecule has 0 aliphatic carbocycles. The summed E-state index contributed by atoms with van der Waals surface area (Å²) in [5.74, 6) is -0.475. The van der Waals surface area contributed by atoms with Gasteiger partial charge in [0.1, 0.15) is 11.5 Å². The fourth-order valence-corrected chi connectivity index (χ4v) is 3.57. The van der Waals surface area contributed by atoms with Crippen LogP contribution in [0, 0.1) is 0 Å². The Morgan fingerprint density at radius 1 is 0.725 bits per heavy atom. The zero-order valence-corrected chi connectivity index (χ0v) is 22.4. The first-order chi connectivity index (χ1) is 18.8. The van der Waals surface area contributed by atoms with Crippen molar-refractivity contribution >= 4 is 29.2 Å². The van der Waals surface area contributed by atoms with Gasteiger partial charge in [-0.3, -0.25) is 14.4 Å². The van der Waals surface area contributed by atoms with E-state index in [1.807, 2.05) is 24.3 Å². The molecule has 0 spiro atoms. The third-order valence-corrected chi connectivity index (χ3v) is 5.72. The summed E-state index contributed by atoms with van der Waals surface area (Å²) in [6.07, 6.45) is -4.42. The molecule has 2 amide bonds. The van der Waals surface area contributed by atoms with E-state index in [0.29, 0.717) is 17.2 Å². The molecule has 7 nitrogen and oxygen atoms in total. The monoisotopic (exact) mass is 556 g/mol. The highest BCUT2D eigenvalue weighted by Crippen LogP contribution is 2.31. The van der Waals surface area contributed by atoms with Gasteiger partial charge in [0, 0.05) is 24.2 Å². The molecule has 0 aromatic heterocycles. The van der Waals surface area contributed by atoms with Crippen LogP contribution in [-0.4, -0.2) is 24.4 Å². The van der Waals surface area contributed by atoms with Crippen molar-refractivity contribution in [1.29, 1.82) is 0 Å². The highest BCUT2D eigenvalue weighted by atomic mass is 19.4. The zero-order chi connectivity index (χ0) is 29.3. The van der Waals surface area contributed by atoms with Crippen molar-refractivity contribution in [3.05, 3.63) is 83.9 Å². The average molecular weight is 557 g/mol. The van der Waals surface area contributed by atoms with Crippen LogP contribution < -0.4 is 15.4 Å². The minimum Gasteiger partial charge on any atom is -0.457 e. The Kier molecular flexibility index (Phi) is 9.93. The lowest BCUT2D eigenvalue weighted by molar-refractivity contribution is -0.147. The first-order valence-corrected chi connectivity index (χ1v) is 12.6. The van der Waals surface area contributed by atoms with Gasteiger partial charge < -0.3 is 20.1 Å². The van der Waals surface area contributed by atoms with Crippen LogP contribution in [0.25, 0.3) is 0 Å². The number of hydrogen-bond donors (Lipinski definition) is 2. The highest BCUT2D eigenvalue weighted by molar-refractivity contribution is 5.93. The van der Waals surface area contributed by atoms with Crippen molar-refractivity contribution in [2.75, 3.05) is 17.2 Å². The molecule has 10 heteroatoms.